The topological polar surface area (TPSA) is 97.3 Å². The first-order valence-electron chi connectivity index (χ1n) is 13.1. The third-order valence-electron chi connectivity index (χ3n) is 5.93. The second-order valence-corrected chi connectivity index (χ2v) is 10.3. The molecule has 0 spiro atoms. The lowest BCUT2D eigenvalue weighted by Gasteiger charge is -2.23. The number of carboxylic acid groups (broad SMARTS) is 1. The van der Waals surface area contributed by atoms with Crippen molar-refractivity contribution in [3.63, 3.8) is 0 Å². The maximum absolute atomic E-state index is 13.1. The molecule has 0 aromatic heterocycles. The molecule has 41 heavy (non-hydrogen) atoms. The minimum atomic E-state index is -0.999. The Morgan fingerprint density at radius 3 is 2.29 bits per heavy atom. The van der Waals surface area contributed by atoms with Crippen LogP contribution in [-0.2, 0) is 27.3 Å². The molecule has 0 aliphatic carbocycles. The fourth-order valence-electron chi connectivity index (χ4n) is 3.94. The zero-order chi connectivity index (χ0) is 29.6. The van der Waals surface area contributed by atoms with Gasteiger partial charge in [0.05, 0.1) is 23.9 Å². The number of benzene rings is 3. The van der Waals surface area contributed by atoms with Crippen LogP contribution >= 0.6 is 34.8 Å². The number of nitrogens with one attached hydrogen (secondary N) is 1. The number of hydrogen-bond acceptors (Lipinski definition) is 5. The van der Waals surface area contributed by atoms with E-state index < -0.39 is 12.1 Å². The van der Waals surface area contributed by atoms with E-state index in [1.54, 1.807) is 78.6 Å². The van der Waals surface area contributed by atoms with Crippen LogP contribution < -0.4 is 10.1 Å². The molecule has 0 aliphatic heterocycles. The van der Waals surface area contributed by atoms with Crippen molar-refractivity contribution in [2.45, 2.75) is 32.5 Å². The maximum atomic E-state index is 13.1. The van der Waals surface area contributed by atoms with Crippen LogP contribution in [0.4, 0.5) is 10.5 Å². The summed E-state index contributed by atoms with van der Waals surface area (Å²) in [4.78, 5) is 26.1. The van der Waals surface area contributed by atoms with Crippen LogP contribution in [0.3, 0.4) is 0 Å². The zero-order valence-corrected chi connectivity index (χ0v) is 24.9. The van der Waals surface area contributed by atoms with Gasteiger partial charge in [0.2, 0.25) is 0 Å². The van der Waals surface area contributed by atoms with Crippen molar-refractivity contribution in [2.24, 2.45) is 0 Å². The summed E-state index contributed by atoms with van der Waals surface area (Å²) in [6.07, 6.45) is -0.0562. The molecule has 0 fully saturated rings. The fraction of sp³-hybridized carbons (Fsp3) is 0.333. The van der Waals surface area contributed by atoms with Crippen LogP contribution in [0, 0.1) is 0 Å². The summed E-state index contributed by atoms with van der Waals surface area (Å²) < 4.78 is 16.9. The fourth-order valence-corrected chi connectivity index (χ4v) is 4.70. The SMILES string of the molecule is CCOC(Cc1ccc(OCCN(CCCOCc2cc(Cl)cc(Cl)c2)C(=O)Nc2ccccc2Cl)cc1)C(=O)O. The van der Waals surface area contributed by atoms with E-state index >= 15 is 0 Å². The molecule has 0 saturated heterocycles. The van der Waals surface area contributed by atoms with E-state index in [0.29, 0.717) is 65.8 Å². The monoisotopic (exact) mass is 622 g/mol. The van der Waals surface area contributed by atoms with Crippen LogP contribution in [0.1, 0.15) is 24.5 Å². The van der Waals surface area contributed by atoms with Crippen molar-refractivity contribution in [1.82, 2.24) is 4.90 Å². The van der Waals surface area contributed by atoms with E-state index in [2.05, 4.69) is 5.32 Å². The van der Waals surface area contributed by atoms with E-state index in [9.17, 15) is 14.7 Å². The summed E-state index contributed by atoms with van der Waals surface area (Å²) in [5.74, 6) is -0.395. The van der Waals surface area contributed by atoms with Gasteiger partial charge in [0, 0.05) is 36.2 Å². The van der Waals surface area contributed by atoms with Gasteiger partial charge in [0.25, 0.3) is 0 Å². The molecule has 0 aliphatic rings. The molecule has 0 saturated carbocycles. The molecule has 0 heterocycles. The number of carbonyl (C=O) groups excluding carboxylic acids is 1. The number of rotatable bonds is 16. The number of hydrogen-bond donors (Lipinski definition) is 2. The van der Waals surface area contributed by atoms with Crippen LogP contribution in [0.25, 0.3) is 0 Å². The van der Waals surface area contributed by atoms with Gasteiger partial charge in [-0.2, -0.15) is 0 Å². The van der Waals surface area contributed by atoms with Crippen molar-refractivity contribution in [3.05, 3.63) is 92.9 Å². The predicted octanol–water partition coefficient (Wildman–Crippen LogP) is 7.20. The quantitative estimate of drug-likeness (QED) is 0.164. The van der Waals surface area contributed by atoms with Crippen molar-refractivity contribution < 1.29 is 28.9 Å². The maximum Gasteiger partial charge on any atom is 0.333 e. The molecule has 3 rings (SSSR count). The number of carbonyl (C=O) groups is 2. The summed E-state index contributed by atoms with van der Waals surface area (Å²) in [7, 11) is 0. The zero-order valence-electron chi connectivity index (χ0n) is 22.7. The number of halogens is 3. The first kappa shape index (κ1) is 32.5. The van der Waals surface area contributed by atoms with Crippen LogP contribution in [-0.4, -0.2) is 61.0 Å². The van der Waals surface area contributed by atoms with E-state index in [1.807, 2.05) is 0 Å². The summed E-state index contributed by atoms with van der Waals surface area (Å²) in [5, 5.41) is 13.7. The second kappa shape index (κ2) is 17.1. The highest BCUT2D eigenvalue weighted by molar-refractivity contribution is 6.34. The van der Waals surface area contributed by atoms with Gasteiger partial charge >= 0.3 is 12.0 Å². The molecular formula is C30H33Cl3N2O6. The minimum Gasteiger partial charge on any atom is -0.492 e. The number of anilines is 1. The normalized spacial score (nSPS) is 11.6. The Morgan fingerprint density at radius 1 is 0.927 bits per heavy atom. The highest BCUT2D eigenvalue weighted by Crippen LogP contribution is 2.22. The van der Waals surface area contributed by atoms with Gasteiger partial charge in [-0.3, -0.25) is 0 Å². The van der Waals surface area contributed by atoms with Gasteiger partial charge in [-0.1, -0.05) is 59.1 Å². The van der Waals surface area contributed by atoms with E-state index in [0.717, 1.165) is 11.1 Å². The molecule has 11 heteroatoms. The lowest BCUT2D eigenvalue weighted by molar-refractivity contribution is -0.149. The van der Waals surface area contributed by atoms with Gasteiger partial charge in [0.15, 0.2) is 6.10 Å². The van der Waals surface area contributed by atoms with E-state index in [-0.39, 0.29) is 19.1 Å². The molecule has 3 aromatic carbocycles. The van der Waals surface area contributed by atoms with Gasteiger partial charge < -0.3 is 29.5 Å². The highest BCUT2D eigenvalue weighted by Gasteiger charge is 2.18. The number of ether oxygens (including phenoxy) is 3. The largest absolute Gasteiger partial charge is 0.492 e. The van der Waals surface area contributed by atoms with Crippen LogP contribution in [0.2, 0.25) is 15.1 Å². The first-order chi connectivity index (χ1) is 19.7. The van der Waals surface area contributed by atoms with Crippen molar-refractivity contribution >= 4 is 52.5 Å². The number of carboxylic acids is 1. The lowest BCUT2D eigenvalue weighted by Crippen LogP contribution is -2.39. The van der Waals surface area contributed by atoms with Crippen LogP contribution in [0.5, 0.6) is 5.75 Å². The molecule has 2 amide bonds. The summed E-state index contributed by atoms with van der Waals surface area (Å²) >= 11 is 18.3. The molecule has 220 valence electrons. The van der Waals surface area contributed by atoms with Gasteiger partial charge in [-0.15, -0.1) is 0 Å². The smallest absolute Gasteiger partial charge is 0.333 e. The van der Waals surface area contributed by atoms with Gasteiger partial charge in [0.1, 0.15) is 12.4 Å². The standard InChI is InChI=1S/C30H33Cl3N2O6/c1-2-40-28(29(36)37)18-21-8-10-25(11-9-21)41-15-13-35(30(38)34-27-7-4-3-6-26(27)33)12-5-14-39-20-22-16-23(31)19-24(32)17-22/h3-4,6-11,16-17,19,28H,2,5,12-15,18,20H2,1H3,(H,34,38)(H,36,37). The number of nitrogens with zero attached hydrogens (tertiary/aromatic N) is 1. The van der Waals surface area contributed by atoms with Crippen molar-refractivity contribution in [1.29, 1.82) is 0 Å². The molecule has 1 atom stereocenters. The molecule has 8 nitrogen and oxygen atoms in total. The lowest BCUT2D eigenvalue weighted by atomic mass is 10.1. The molecule has 2 N–H and O–H groups in total. The number of para-hydroxylation sites is 1. The Morgan fingerprint density at radius 2 is 1.63 bits per heavy atom. The molecule has 0 bridgehead atoms. The summed E-state index contributed by atoms with van der Waals surface area (Å²) in [5.41, 5.74) is 2.20. The summed E-state index contributed by atoms with van der Waals surface area (Å²) in [6.45, 7) is 3.82. The van der Waals surface area contributed by atoms with E-state index in [1.165, 1.54) is 0 Å². The molecular weight excluding hydrogens is 591 g/mol. The average molecular weight is 624 g/mol. The second-order valence-electron chi connectivity index (χ2n) is 9.06. The Kier molecular flexibility index (Phi) is 13.5. The third kappa shape index (κ3) is 11.4. The van der Waals surface area contributed by atoms with Crippen molar-refractivity contribution in [2.75, 3.05) is 38.2 Å². The molecule has 3 aromatic rings. The summed E-state index contributed by atoms with van der Waals surface area (Å²) in [6, 6.07) is 19.1. The first-order valence-corrected chi connectivity index (χ1v) is 14.3. The van der Waals surface area contributed by atoms with Gasteiger partial charge in [-0.05, 0) is 66.9 Å². The Balaban J connectivity index is 1.53. The minimum absolute atomic E-state index is 0.244. The van der Waals surface area contributed by atoms with E-state index in [4.69, 9.17) is 49.0 Å². The number of amides is 2. The Hall–Kier alpha value is -3.01. The number of urea groups is 1. The third-order valence-corrected chi connectivity index (χ3v) is 6.69. The van der Waals surface area contributed by atoms with Gasteiger partial charge in [-0.25, -0.2) is 9.59 Å². The predicted molar refractivity (Wildman–Crippen MR) is 161 cm³/mol. The highest BCUT2D eigenvalue weighted by atomic mass is 35.5. The Bertz CT molecular complexity index is 1260. The van der Waals surface area contributed by atoms with Crippen molar-refractivity contribution in [3.8, 4) is 5.75 Å². The van der Waals surface area contributed by atoms with Crippen LogP contribution in [0.15, 0.2) is 66.7 Å². The molecule has 1 unspecified atom stereocenters. The Labute approximate surface area is 255 Å². The number of aliphatic carboxylic acids is 1. The average Bonchev–Trinajstić information content (AvgIpc) is 2.93. The molecule has 0 radical (unpaired) electrons.